The van der Waals surface area contributed by atoms with Crippen molar-refractivity contribution in [3.63, 3.8) is 0 Å². The van der Waals surface area contributed by atoms with Crippen molar-refractivity contribution in [3.8, 4) is 11.4 Å². The number of hydrogen-bond acceptors (Lipinski definition) is 3. The number of rotatable bonds is 6. The minimum Gasteiger partial charge on any atom is -0.355 e. The van der Waals surface area contributed by atoms with E-state index in [1.165, 1.54) is 5.56 Å². The van der Waals surface area contributed by atoms with Crippen LogP contribution in [-0.4, -0.2) is 27.2 Å². The second kappa shape index (κ2) is 7.53. The molecular formula is C21H21ClN4O. The Kier molecular flexibility index (Phi) is 4.94. The zero-order valence-electron chi connectivity index (χ0n) is 15.1. The molecule has 1 aliphatic rings. The fourth-order valence-electron chi connectivity index (χ4n) is 3.34. The largest absolute Gasteiger partial charge is 0.355 e. The van der Waals surface area contributed by atoms with Gasteiger partial charge in [0.1, 0.15) is 5.82 Å². The van der Waals surface area contributed by atoms with Crippen LogP contribution in [0.3, 0.4) is 0 Å². The molecule has 1 saturated carbocycles. The van der Waals surface area contributed by atoms with E-state index in [4.69, 9.17) is 11.6 Å². The summed E-state index contributed by atoms with van der Waals surface area (Å²) in [6.07, 6.45) is 1.55. The van der Waals surface area contributed by atoms with Gasteiger partial charge in [-0.3, -0.25) is 9.48 Å². The molecule has 1 amide bonds. The molecule has 0 bridgehead atoms. The van der Waals surface area contributed by atoms with Crippen molar-refractivity contribution in [1.82, 2.24) is 20.1 Å². The second-order valence-electron chi connectivity index (χ2n) is 6.88. The molecule has 0 aliphatic heterocycles. The highest BCUT2D eigenvalue weighted by Crippen LogP contribution is 2.47. The summed E-state index contributed by atoms with van der Waals surface area (Å²) in [5, 5.41) is 8.22. The van der Waals surface area contributed by atoms with Crippen molar-refractivity contribution < 1.29 is 4.79 Å². The molecule has 0 saturated heterocycles. The van der Waals surface area contributed by atoms with Gasteiger partial charge in [0.2, 0.25) is 5.91 Å². The number of benzene rings is 2. The van der Waals surface area contributed by atoms with Gasteiger partial charge in [-0.1, -0.05) is 54.1 Å². The van der Waals surface area contributed by atoms with Crippen LogP contribution in [0.5, 0.6) is 0 Å². The van der Waals surface area contributed by atoms with Crippen LogP contribution in [-0.2, 0) is 18.3 Å². The summed E-state index contributed by atoms with van der Waals surface area (Å²) in [7, 11) is 1.88. The third-order valence-electron chi connectivity index (χ3n) is 4.96. The maximum atomic E-state index is 12.4. The minimum atomic E-state index is 0.0607. The molecular weight excluding hydrogens is 360 g/mol. The van der Waals surface area contributed by atoms with E-state index in [-0.39, 0.29) is 11.8 Å². The number of amides is 1. The van der Waals surface area contributed by atoms with Crippen LogP contribution in [0, 0.1) is 5.92 Å². The summed E-state index contributed by atoms with van der Waals surface area (Å²) in [5.74, 6) is 2.05. The van der Waals surface area contributed by atoms with Crippen molar-refractivity contribution in [2.45, 2.75) is 18.8 Å². The van der Waals surface area contributed by atoms with E-state index in [0.717, 1.165) is 22.8 Å². The lowest BCUT2D eigenvalue weighted by atomic mass is 10.1. The number of halogens is 1. The molecule has 27 heavy (non-hydrogen) atoms. The van der Waals surface area contributed by atoms with Crippen LogP contribution in [0.15, 0.2) is 54.6 Å². The van der Waals surface area contributed by atoms with Crippen LogP contribution in [0.25, 0.3) is 11.4 Å². The fourth-order valence-corrected chi connectivity index (χ4v) is 3.46. The fraction of sp³-hybridized carbons (Fsp3) is 0.286. The van der Waals surface area contributed by atoms with E-state index in [9.17, 15) is 4.79 Å². The highest BCUT2D eigenvalue weighted by atomic mass is 35.5. The molecule has 2 aromatic carbocycles. The Morgan fingerprint density at radius 2 is 1.93 bits per heavy atom. The lowest BCUT2D eigenvalue weighted by molar-refractivity contribution is -0.122. The van der Waals surface area contributed by atoms with E-state index in [2.05, 4.69) is 15.4 Å². The lowest BCUT2D eigenvalue weighted by Gasteiger charge is -2.05. The predicted molar refractivity (Wildman–Crippen MR) is 105 cm³/mol. The van der Waals surface area contributed by atoms with Gasteiger partial charge >= 0.3 is 0 Å². The molecule has 0 radical (unpaired) electrons. The van der Waals surface area contributed by atoms with Crippen molar-refractivity contribution in [3.05, 3.63) is 71.0 Å². The van der Waals surface area contributed by atoms with Crippen LogP contribution >= 0.6 is 11.6 Å². The molecule has 5 nitrogen and oxygen atoms in total. The van der Waals surface area contributed by atoms with E-state index < -0.39 is 0 Å². The maximum absolute atomic E-state index is 12.4. The molecule has 1 N–H and O–H groups in total. The van der Waals surface area contributed by atoms with E-state index in [1.54, 1.807) is 4.68 Å². The third kappa shape index (κ3) is 4.03. The molecule has 4 rings (SSSR count). The molecule has 1 fully saturated rings. The van der Waals surface area contributed by atoms with E-state index in [0.29, 0.717) is 24.7 Å². The summed E-state index contributed by atoms with van der Waals surface area (Å²) in [6, 6.07) is 17.7. The average molecular weight is 381 g/mol. The van der Waals surface area contributed by atoms with Gasteiger partial charge in [0.05, 0.1) is 0 Å². The van der Waals surface area contributed by atoms with Crippen LogP contribution in [0.4, 0.5) is 0 Å². The van der Waals surface area contributed by atoms with Crippen molar-refractivity contribution in [1.29, 1.82) is 0 Å². The molecule has 0 unspecified atom stereocenters. The summed E-state index contributed by atoms with van der Waals surface area (Å²) >= 11 is 5.92. The van der Waals surface area contributed by atoms with Gasteiger partial charge in [-0.25, -0.2) is 4.98 Å². The Balaban J connectivity index is 1.30. The van der Waals surface area contributed by atoms with Gasteiger partial charge in [-0.2, -0.15) is 5.10 Å². The van der Waals surface area contributed by atoms with Gasteiger partial charge in [-0.05, 0) is 30.0 Å². The first-order valence-electron chi connectivity index (χ1n) is 9.10. The van der Waals surface area contributed by atoms with Gasteiger partial charge in [0.25, 0.3) is 0 Å². The topological polar surface area (TPSA) is 59.8 Å². The van der Waals surface area contributed by atoms with Gasteiger partial charge < -0.3 is 5.32 Å². The van der Waals surface area contributed by atoms with Gasteiger partial charge in [-0.15, -0.1) is 0 Å². The average Bonchev–Trinajstić information content (AvgIpc) is 3.40. The number of carbonyl (C=O) groups excluding carboxylic acids is 1. The highest BCUT2D eigenvalue weighted by molar-refractivity contribution is 6.30. The summed E-state index contributed by atoms with van der Waals surface area (Å²) < 4.78 is 1.78. The number of aromatic nitrogens is 3. The molecule has 1 heterocycles. The zero-order valence-corrected chi connectivity index (χ0v) is 15.9. The molecule has 2 atom stereocenters. The molecule has 1 aromatic heterocycles. The first kappa shape index (κ1) is 17.7. The highest BCUT2D eigenvalue weighted by Gasteiger charge is 2.43. The van der Waals surface area contributed by atoms with Crippen LogP contribution in [0.1, 0.15) is 23.7 Å². The minimum absolute atomic E-state index is 0.0607. The summed E-state index contributed by atoms with van der Waals surface area (Å²) in [5.41, 5.74) is 2.17. The Hall–Kier alpha value is -2.66. The smallest absolute Gasteiger partial charge is 0.223 e. The Labute approximate surface area is 163 Å². The molecule has 3 aromatic rings. The first-order valence-corrected chi connectivity index (χ1v) is 9.48. The number of carbonyl (C=O) groups is 1. The van der Waals surface area contributed by atoms with Gasteiger partial charge in [0.15, 0.2) is 5.82 Å². The van der Waals surface area contributed by atoms with Gasteiger partial charge in [0, 0.05) is 36.5 Å². The van der Waals surface area contributed by atoms with Crippen molar-refractivity contribution in [2.75, 3.05) is 6.54 Å². The second-order valence-corrected chi connectivity index (χ2v) is 7.32. The molecule has 0 spiro atoms. The first-order chi connectivity index (χ1) is 13.1. The summed E-state index contributed by atoms with van der Waals surface area (Å²) in [6.45, 7) is 0.559. The van der Waals surface area contributed by atoms with Crippen LogP contribution < -0.4 is 5.32 Å². The van der Waals surface area contributed by atoms with E-state index >= 15 is 0 Å². The Bertz CT molecular complexity index is 937. The Morgan fingerprint density at radius 3 is 2.67 bits per heavy atom. The van der Waals surface area contributed by atoms with Crippen molar-refractivity contribution in [2.24, 2.45) is 13.0 Å². The standard InChI is InChI=1S/C21H21ClN4O/c1-26-19(24-20(25-26)15-5-3-2-4-6-15)11-12-23-21(27)18-13-17(18)14-7-9-16(22)10-8-14/h2-10,17-18H,11-13H2,1H3,(H,23,27)/t17-,18-/m0/s1. The number of nitrogens with one attached hydrogen (secondary N) is 1. The normalized spacial score (nSPS) is 18.3. The number of hydrogen-bond donors (Lipinski definition) is 1. The monoisotopic (exact) mass is 380 g/mol. The maximum Gasteiger partial charge on any atom is 0.223 e. The Morgan fingerprint density at radius 1 is 1.19 bits per heavy atom. The van der Waals surface area contributed by atoms with Crippen LogP contribution in [0.2, 0.25) is 5.02 Å². The summed E-state index contributed by atoms with van der Waals surface area (Å²) in [4.78, 5) is 17.0. The number of aryl methyl sites for hydroxylation is 1. The van der Waals surface area contributed by atoms with Crippen molar-refractivity contribution >= 4 is 17.5 Å². The molecule has 1 aliphatic carbocycles. The third-order valence-corrected chi connectivity index (χ3v) is 5.21. The SMILES string of the molecule is Cn1nc(-c2ccccc2)nc1CCNC(=O)[C@H]1C[C@H]1c1ccc(Cl)cc1. The lowest BCUT2D eigenvalue weighted by Crippen LogP contribution is -2.28. The molecule has 138 valence electrons. The predicted octanol–water partition coefficient (Wildman–Crippen LogP) is 3.60. The quantitative estimate of drug-likeness (QED) is 0.710. The number of nitrogens with zero attached hydrogens (tertiary/aromatic N) is 3. The zero-order chi connectivity index (χ0) is 18.8. The van der Waals surface area contributed by atoms with E-state index in [1.807, 2.05) is 61.6 Å². The molecule has 6 heteroatoms.